The van der Waals surface area contributed by atoms with Crippen molar-refractivity contribution in [1.29, 1.82) is 0 Å². The van der Waals surface area contributed by atoms with Crippen molar-refractivity contribution < 1.29 is 4.79 Å². The van der Waals surface area contributed by atoms with E-state index < -0.39 is 0 Å². The van der Waals surface area contributed by atoms with Crippen LogP contribution in [0.15, 0.2) is 29.1 Å². The largest absolute Gasteiger partial charge is 0.378 e. The molecule has 0 fully saturated rings. The lowest BCUT2D eigenvalue weighted by Gasteiger charge is -2.33. The van der Waals surface area contributed by atoms with Crippen LogP contribution in [0.1, 0.15) is 37.6 Å². The number of aromatic nitrogens is 3. The summed E-state index contributed by atoms with van der Waals surface area (Å²) in [7, 11) is 3.92. The molecule has 1 aliphatic rings. The van der Waals surface area contributed by atoms with Crippen LogP contribution in [-0.4, -0.2) is 35.0 Å². The molecule has 1 aliphatic carbocycles. The van der Waals surface area contributed by atoms with E-state index in [1.54, 1.807) is 11.3 Å². The third-order valence-corrected chi connectivity index (χ3v) is 7.26. The average molecular weight is 440 g/mol. The summed E-state index contributed by atoms with van der Waals surface area (Å²) in [5, 5.41) is 11.8. The maximum Gasteiger partial charge on any atom is 0.279 e. The molecule has 2 aromatic heterocycles. The second-order valence-corrected chi connectivity index (χ2v) is 10.6. The first-order chi connectivity index (χ1) is 14.6. The Morgan fingerprint density at radius 2 is 1.97 bits per heavy atom. The molecule has 0 bridgehead atoms. The summed E-state index contributed by atoms with van der Waals surface area (Å²) in [5.41, 5.74) is 2.84. The van der Waals surface area contributed by atoms with Gasteiger partial charge in [0.15, 0.2) is 4.83 Å². The molecule has 0 unspecified atom stereocenters. The van der Waals surface area contributed by atoms with Gasteiger partial charge in [-0.15, -0.1) is 16.4 Å². The van der Waals surface area contributed by atoms with Gasteiger partial charge in [-0.25, -0.2) is 4.68 Å². The minimum absolute atomic E-state index is 0.160. The molecule has 8 heteroatoms. The molecular formula is C23H29N5O2S. The molecule has 31 heavy (non-hydrogen) atoms. The lowest BCUT2D eigenvalue weighted by molar-refractivity contribution is -0.117. The first-order valence-corrected chi connectivity index (χ1v) is 11.4. The molecule has 0 spiro atoms. The number of rotatable bonds is 4. The maximum absolute atomic E-state index is 13.1. The van der Waals surface area contributed by atoms with E-state index in [1.807, 2.05) is 43.3 Å². The van der Waals surface area contributed by atoms with Crippen molar-refractivity contribution in [1.82, 2.24) is 15.0 Å². The highest BCUT2D eigenvalue weighted by Crippen LogP contribution is 2.41. The van der Waals surface area contributed by atoms with Crippen molar-refractivity contribution in [3.8, 4) is 0 Å². The predicted octanol–water partition coefficient (Wildman–Crippen LogP) is 3.71. The normalized spacial score (nSPS) is 16.2. The highest BCUT2D eigenvalue weighted by molar-refractivity contribution is 7.18. The smallest absolute Gasteiger partial charge is 0.279 e. The fourth-order valence-electron chi connectivity index (χ4n) is 4.15. The van der Waals surface area contributed by atoms with Crippen molar-refractivity contribution in [3.63, 3.8) is 0 Å². The van der Waals surface area contributed by atoms with E-state index in [0.29, 0.717) is 21.8 Å². The molecule has 3 aromatic rings. The molecule has 0 saturated carbocycles. The number of thiophene rings is 1. The molecule has 0 aliphatic heterocycles. The number of benzene rings is 1. The molecule has 1 N–H and O–H groups in total. The molecule has 164 valence electrons. The lowest BCUT2D eigenvalue weighted by atomic mass is 9.72. The van der Waals surface area contributed by atoms with E-state index in [2.05, 4.69) is 36.4 Å². The Morgan fingerprint density at radius 3 is 2.61 bits per heavy atom. The zero-order chi connectivity index (χ0) is 22.3. The van der Waals surface area contributed by atoms with Crippen LogP contribution in [-0.2, 0) is 24.2 Å². The van der Waals surface area contributed by atoms with Gasteiger partial charge in [0.1, 0.15) is 6.54 Å². The predicted molar refractivity (Wildman–Crippen MR) is 126 cm³/mol. The highest BCUT2D eigenvalue weighted by atomic mass is 32.1. The van der Waals surface area contributed by atoms with Gasteiger partial charge < -0.3 is 10.2 Å². The summed E-state index contributed by atoms with van der Waals surface area (Å²) >= 11 is 1.58. The van der Waals surface area contributed by atoms with Crippen LogP contribution in [0.5, 0.6) is 0 Å². The van der Waals surface area contributed by atoms with E-state index >= 15 is 0 Å². The minimum Gasteiger partial charge on any atom is -0.378 e. The van der Waals surface area contributed by atoms with Crippen molar-refractivity contribution in [2.75, 3.05) is 24.3 Å². The van der Waals surface area contributed by atoms with E-state index in [-0.39, 0.29) is 23.4 Å². The lowest BCUT2D eigenvalue weighted by Crippen LogP contribution is -2.31. The summed E-state index contributed by atoms with van der Waals surface area (Å²) in [4.78, 5) is 29.6. The van der Waals surface area contributed by atoms with E-state index in [9.17, 15) is 9.59 Å². The zero-order valence-corrected chi connectivity index (χ0v) is 19.5. The summed E-state index contributed by atoms with van der Waals surface area (Å²) in [6.45, 7) is 6.66. The van der Waals surface area contributed by atoms with Gasteiger partial charge in [-0.2, -0.15) is 0 Å². The van der Waals surface area contributed by atoms with Crippen LogP contribution in [0, 0.1) is 11.3 Å². The zero-order valence-electron chi connectivity index (χ0n) is 18.7. The van der Waals surface area contributed by atoms with Gasteiger partial charge in [0, 0.05) is 30.3 Å². The Kier molecular flexibility index (Phi) is 5.60. The van der Waals surface area contributed by atoms with Gasteiger partial charge in [0.25, 0.3) is 5.56 Å². The molecule has 1 aromatic carbocycles. The van der Waals surface area contributed by atoms with Crippen LogP contribution < -0.4 is 15.8 Å². The highest BCUT2D eigenvalue weighted by Gasteiger charge is 2.32. The van der Waals surface area contributed by atoms with Crippen molar-refractivity contribution in [2.24, 2.45) is 11.3 Å². The standard InChI is InChI=1S/C23H29N5O2S/c1-23(2,3)14-6-11-17-18(12-14)31-21-20(17)22(30)28(26-25-21)13-19(29)24-15-7-9-16(10-8-15)27(4)5/h7-10,14H,6,11-13H2,1-5H3,(H,24,29)/t14-/m0/s1. The SMILES string of the molecule is CN(C)c1ccc(NC(=O)Cn2nnc3sc4c(c3c2=O)CC[C@H](C(C)(C)C)C4)cc1. The summed E-state index contributed by atoms with van der Waals surface area (Å²) in [6, 6.07) is 7.53. The van der Waals surface area contributed by atoms with Crippen LogP contribution in [0.25, 0.3) is 10.2 Å². The summed E-state index contributed by atoms with van der Waals surface area (Å²) in [6.07, 6.45) is 2.92. The Morgan fingerprint density at radius 1 is 1.26 bits per heavy atom. The molecule has 1 amide bonds. The van der Waals surface area contributed by atoms with Gasteiger partial charge in [-0.3, -0.25) is 9.59 Å². The van der Waals surface area contributed by atoms with Gasteiger partial charge in [0.2, 0.25) is 5.91 Å². The quantitative estimate of drug-likeness (QED) is 0.670. The monoisotopic (exact) mass is 439 g/mol. The fourth-order valence-corrected chi connectivity index (χ4v) is 5.38. The van der Waals surface area contributed by atoms with Gasteiger partial charge in [0.05, 0.1) is 5.39 Å². The third-order valence-electron chi connectivity index (χ3n) is 6.12. The Labute approximate surface area is 186 Å². The number of carbonyl (C=O) groups is 1. The third kappa shape index (κ3) is 4.35. The van der Waals surface area contributed by atoms with Crippen LogP contribution in [0.3, 0.4) is 0 Å². The van der Waals surface area contributed by atoms with Crippen molar-refractivity contribution in [3.05, 3.63) is 45.1 Å². The number of aryl methyl sites for hydroxylation is 1. The molecule has 0 radical (unpaired) electrons. The number of amides is 1. The number of fused-ring (bicyclic) bond motifs is 3. The summed E-state index contributed by atoms with van der Waals surface area (Å²) in [5.74, 6) is 0.290. The number of carbonyl (C=O) groups excluding carboxylic acids is 1. The molecule has 4 rings (SSSR count). The Bertz CT molecular complexity index is 1170. The first-order valence-electron chi connectivity index (χ1n) is 10.6. The second kappa shape index (κ2) is 8.07. The molecular weight excluding hydrogens is 410 g/mol. The molecule has 1 atom stereocenters. The van der Waals surface area contributed by atoms with E-state index in [0.717, 1.165) is 30.5 Å². The fraction of sp³-hybridized carbons (Fsp3) is 0.478. The van der Waals surface area contributed by atoms with Gasteiger partial charge in [-0.05, 0) is 60.4 Å². The average Bonchev–Trinajstić information content (AvgIpc) is 3.08. The first kappa shape index (κ1) is 21.5. The summed E-state index contributed by atoms with van der Waals surface area (Å²) < 4.78 is 1.18. The number of hydrogen-bond donors (Lipinski definition) is 1. The molecule has 2 heterocycles. The number of nitrogens with zero attached hydrogens (tertiary/aromatic N) is 4. The molecule has 7 nitrogen and oxygen atoms in total. The second-order valence-electron chi connectivity index (χ2n) is 9.53. The minimum atomic E-state index is -0.301. The number of hydrogen-bond acceptors (Lipinski definition) is 6. The number of anilines is 2. The van der Waals surface area contributed by atoms with Crippen molar-refractivity contribution >= 4 is 38.8 Å². The maximum atomic E-state index is 13.1. The topological polar surface area (TPSA) is 80.1 Å². The molecule has 0 saturated heterocycles. The number of nitrogens with one attached hydrogen (secondary N) is 1. The van der Waals surface area contributed by atoms with Crippen LogP contribution >= 0.6 is 11.3 Å². The Balaban J connectivity index is 1.54. The van der Waals surface area contributed by atoms with Crippen molar-refractivity contribution in [2.45, 2.75) is 46.6 Å². The van der Waals surface area contributed by atoms with Gasteiger partial charge >= 0.3 is 0 Å². The van der Waals surface area contributed by atoms with Gasteiger partial charge in [-0.1, -0.05) is 26.0 Å². The van der Waals surface area contributed by atoms with E-state index in [4.69, 9.17) is 0 Å². The van der Waals surface area contributed by atoms with Crippen LogP contribution in [0.2, 0.25) is 0 Å². The van der Waals surface area contributed by atoms with E-state index in [1.165, 1.54) is 9.56 Å². The Hall–Kier alpha value is -2.74. The van der Waals surface area contributed by atoms with Crippen LogP contribution in [0.4, 0.5) is 11.4 Å².